The van der Waals surface area contributed by atoms with Gasteiger partial charge in [-0.3, -0.25) is 33.8 Å². The third kappa shape index (κ3) is 2.95. The van der Waals surface area contributed by atoms with Gasteiger partial charge >= 0.3 is 17.8 Å². The Bertz CT molecular complexity index is 458. The molecule has 1 rings (SSSR count). The van der Waals surface area contributed by atoms with E-state index in [9.17, 15) is 24.0 Å². The number of hydrogen-bond donors (Lipinski definition) is 0. The third-order valence-corrected chi connectivity index (χ3v) is 2.75. The number of esters is 1. The molecule has 0 aromatic rings. The van der Waals surface area contributed by atoms with E-state index in [1.54, 1.807) is 0 Å². The van der Waals surface area contributed by atoms with E-state index in [-0.39, 0.29) is 13.0 Å². The molecule has 1 saturated heterocycles. The largest absolute Gasteiger partial charge is 0.469 e. The first-order valence-electron chi connectivity index (χ1n) is 5.52. The van der Waals surface area contributed by atoms with Crippen LogP contribution in [0.4, 0.5) is 0 Å². The van der Waals surface area contributed by atoms with Crippen molar-refractivity contribution in [2.45, 2.75) is 26.3 Å². The Morgan fingerprint density at radius 1 is 1.16 bits per heavy atom. The molecule has 0 aliphatic carbocycles. The summed E-state index contributed by atoms with van der Waals surface area (Å²) in [6.07, 6.45) is -0.265. The molecule has 0 saturated carbocycles. The van der Waals surface area contributed by atoms with Gasteiger partial charge in [0.15, 0.2) is 0 Å². The van der Waals surface area contributed by atoms with Crippen LogP contribution >= 0.6 is 0 Å². The maximum atomic E-state index is 11.8. The highest BCUT2D eigenvalue weighted by atomic mass is 16.5. The summed E-state index contributed by atoms with van der Waals surface area (Å²) in [5.74, 6) is -4.08. The van der Waals surface area contributed by atoms with Crippen molar-refractivity contribution in [2.75, 3.05) is 13.7 Å². The van der Waals surface area contributed by atoms with Crippen LogP contribution in [-0.4, -0.2) is 59.1 Å². The van der Waals surface area contributed by atoms with Crippen LogP contribution < -0.4 is 0 Å². The molecular weight excluding hydrogens is 256 g/mol. The number of methoxy groups -OCH3 is 1. The second-order valence-corrected chi connectivity index (χ2v) is 4.06. The fraction of sp³-hybridized carbons (Fsp3) is 0.545. The fourth-order valence-corrected chi connectivity index (χ4v) is 1.86. The Labute approximate surface area is 109 Å². The quantitative estimate of drug-likeness (QED) is 0.455. The van der Waals surface area contributed by atoms with Crippen molar-refractivity contribution in [1.82, 2.24) is 9.80 Å². The Kier molecular flexibility index (Phi) is 4.36. The van der Waals surface area contributed by atoms with E-state index >= 15 is 0 Å². The Morgan fingerprint density at radius 2 is 1.74 bits per heavy atom. The van der Waals surface area contributed by atoms with Crippen molar-refractivity contribution < 1.29 is 28.7 Å². The molecule has 1 atom stereocenters. The van der Waals surface area contributed by atoms with Gasteiger partial charge in [-0.05, 0) is 0 Å². The predicted molar refractivity (Wildman–Crippen MR) is 60.3 cm³/mol. The topological polar surface area (TPSA) is 101 Å². The van der Waals surface area contributed by atoms with E-state index in [0.717, 1.165) is 18.7 Å². The second-order valence-electron chi connectivity index (χ2n) is 4.06. The minimum Gasteiger partial charge on any atom is -0.469 e. The summed E-state index contributed by atoms with van der Waals surface area (Å²) < 4.78 is 4.46. The highest BCUT2D eigenvalue weighted by molar-refractivity contribution is 6.40. The van der Waals surface area contributed by atoms with E-state index in [1.165, 1.54) is 7.11 Å². The number of amides is 4. The van der Waals surface area contributed by atoms with Gasteiger partial charge in [0.05, 0.1) is 26.1 Å². The molecule has 0 radical (unpaired) electrons. The van der Waals surface area contributed by atoms with Crippen molar-refractivity contribution in [2.24, 2.45) is 0 Å². The molecule has 1 aliphatic heterocycles. The molecule has 104 valence electrons. The van der Waals surface area contributed by atoms with E-state index in [0.29, 0.717) is 4.90 Å². The number of ether oxygens (including phenoxy) is 1. The Hall–Kier alpha value is -2.25. The molecular formula is C11H14N2O6. The summed E-state index contributed by atoms with van der Waals surface area (Å²) in [4.78, 5) is 58.7. The monoisotopic (exact) mass is 270 g/mol. The van der Waals surface area contributed by atoms with E-state index < -0.39 is 35.6 Å². The van der Waals surface area contributed by atoms with Gasteiger partial charge in [-0.1, -0.05) is 0 Å². The molecule has 1 aliphatic rings. The Morgan fingerprint density at radius 3 is 2.16 bits per heavy atom. The summed E-state index contributed by atoms with van der Waals surface area (Å²) in [5, 5.41) is 0. The van der Waals surface area contributed by atoms with Gasteiger partial charge in [0, 0.05) is 13.8 Å². The lowest BCUT2D eigenvalue weighted by Gasteiger charge is -2.36. The zero-order valence-corrected chi connectivity index (χ0v) is 10.8. The van der Waals surface area contributed by atoms with Crippen molar-refractivity contribution in [3.63, 3.8) is 0 Å². The molecule has 1 fully saturated rings. The number of hydrogen-bond acceptors (Lipinski definition) is 6. The maximum Gasteiger partial charge on any atom is 0.319 e. The standard InChI is InChI=1S/C11H14N2O6/c1-6(14)12-5-8(4-9(16)19-3)13(7(2)15)11(18)10(12)17/h8H,4-5H2,1-3H3. The number of carbonyl (C=O) groups excluding carboxylic acids is 5. The summed E-state index contributed by atoms with van der Waals surface area (Å²) in [6, 6.07) is -0.890. The molecule has 0 N–H and O–H groups in total. The minimum atomic E-state index is -1.11. The smallest absolute Gasteiger partial charge is 0.319 e. The number of rotatable bonds is 2. The van der Waals surface area contributed by atoms with Crippen molar-refractivity contribution in [3.05, 3.63) is 0 Å². The number of piperazine rings is 1. The van der Waals surface area contributed by atoms with Gasteiger partial charge in [-0.15, -0.1) is 0 Å². The number of carbonyl (C=O) groups is 5. The summed E-state index contributed by atoms with van der Waals surface area (Å²) >= 11 is 0. The molecule has 0 aromatic heterocycles. The molecule has 0 bridgehead atoms. The Balaban J connectivity index is 3.05. The lowest BCUT2D eigenvalue weighted by atomic mass is 10.1. The first kappa shape index (κ1) is 14.8. The van der Waals surface area contributed by atoms with Crippen LogP contribution in [0.15, 0.2) is 0 Å². The van der Waals surface area contributed by atoms with Crippen molar-refractivity contribution in [1.29, 1.82) is 0 Å². The van der Waals surface area contributed by atoms with Crippen LogP contribution in [0.5, 0.6) is 0 Å². The van der Waals surface area contributed by atoms with Crippen LogP contribution in [-0.2, 0) is 28.7 Å². The van der Waals surface area contributed by atoms with Gasteiger partial charge in [-0.25, -0.2) is 0 Å². The van der Waals surface area contributed by atoms with Crippen LogP contribution in [0.2, 0.25) is 0 Å². The second kappa shape index (κ2) is 5.59. The summed E-state index contributed by atoms with van der Waals surface area (Å²) in [5.41, 5.74) is 0. The lowest BCUT2D eigenvalue weighted by Crippen LogP contribution is -2.62. The SMILES string of the molecule is COC(=O)CC1CN(C(C)=O)C(=O)C(=O)N1C(C)=O. The van der Waals surface area contributed by atoms with Crippen LogP contribution in [0.3, 0.4) is 0 Å². The first-order chi connectivity index (χ1) is 8.79. The van der Waals surface area contributed by atoms with Crippen LogP contribution in [0, 0.1) is 0 Å². The van der Waals surface area contributed by atoms with Crippen LogP contribution in [0.25, 0.3) is 0 Å². The number of imide groups is 2. The zero-order valence-electron chi connectivity index (χ0n) is 10.8. The van der Waals surface area contributed by atoms with E-state index in [2.05, 4.69) is 4.74 Å². The first-order valence-corrected chi connectivity index (χ1v) is 5.52. The minimum absolute atomic E-state index is 0.200. The average molecular weight is 270 g/mol. The number of nitrogens with zero attached hydrogens (tertiary/aromatic N) is 2. The lowest BCUT2D eigenvalue weighted by molar-refractivity contribution is -0.168. The van der Waals surface area contributed by atoms with E-state index in [1.807, 2.05) is 0 Å². The molecule has 8 heteroatoms. The fourth-order valence-electron chi connectivity index (χ4n) is 1.86. The van der Waals surface area contributed by atoms with Gasteiger partial charge in [0.2, 0.25) is 11.8 Å². The van der Waals surface area contributed by atoms with Gasteiger partial charge in [0.1, 0.15) is 0 Å². The highest BCUT2D eigenvalue weighted by Gasteiger charge is 2.43. The molecule has 0 aromatic carbocycles. The zero-order chi connectivity index (χ0) is 14.7. The van der Waals surface area contributed by atoms with Gasteiger partial charge < -0.3 is 4.74 Å². The van der Waals surface area contributed by atoms with Gasteiger partial charge in [0.25, 0.3) is 0 Å². The highest BCUT2D eigenvalue weighted by Crippen LogP contribution is 2.16. The van der Waals surface area contributed by atoms with Gasteiger partial charge in [-0.2, -0.15) is 0 Å². The summed E-state index contributed by atoms with van der Waals surface area (Å²) in [6.45, 7) is 2.04. The third-order valence-electron chi connectivity index (χ3n) is 2.75. The summed E-state index contributed by atoms with van der Waals surface area (Å²) in [7, 11) is 1.17. The molecule has 1 heterocycles. The van der Waals surface area contributed by atoms with Crippen molar-refractivity contribution in [3.8, 4) is 0 Å². The average Bonchev–Trinajstić information content (AvgIpc) is 2.32. The molecule has 19 heavy (non-hydrogen) atoms. The maximum absolute atomic E-state index is 11.8. The van der Waals surface area contributed by atoms with Crippen LogP contribution in [0.1, 0.15) is 20.3 Å². The molecule has 0 spiro atoms. The molecule has 1 unspecified atom stereocenters. The molecule has 4 amide bonds. The molecule has 8 nitrogen and oxygen atoms in total. The van der Waals surface area contributed by atoms with Crippen molar-refractivity contribution >= 4 is 29.6 Å². The van der Waals surface area contributed by atoms with E-state index in [4.69, 9.17) is 0 Å². The normalized spacial score (nSPS) is 19.4. The predicted octanol–water partition coefficient (Wildman–Crippen LogP) is -1.32.